The van der Waals surface area contributed by atoms with E-state index in [0.717, 1.165) is 122 Å². The number of carbonyl (C=O) groups excluding carboxylic acids is 1. The van der Waals surface area contributed by atoms with Crippen LogP contribution in [0.1, 0.15) is 105 Å². The molecule has 0 bridgehead atoms. The van der Waals surface area contributed by atoms with Gasteiger partial charge < -0.3 is 35.9 Å². The molecule has 12 heteroatoms. The molecule has 0 atom stereocenters. The Hall–Kier alpha value is -5.77. The van der Waals surface area contributed by atoms with Crippen molar-refractivity contribution in [2.75, 3.05) is 53.4 Å². The number of fused-ring (bicyclic) bond motifs is 4. The normalized spacial score (nSPS) is 16.0. The highest BCUT2D eigenvalue weighted by molar-refractivity contribution is 6.32. The van der Waals surface area contributed by atoms with Crippen molar-refractivity contribution >= 4 is 28.8 Å². The van der Waals surface area contributed by atoms with Gasteiger partial charge in [0, 0.05) is 74.1 Å². The highest BCUT2D eigenvalue weighted by Gasteiger charge is 2.25. The van der Waals surface area contributed by atoms with E-state index in [0.29, 0.717) is 35.2 Å². The third-order valence-corrected chi connectivity index (χ3v) is 13.8. The first-order valence-electron chi connectivity index (χ1n) is 25.1. The SMILES string of the molecule is C=C/C(N)=C/C=C(\N)N1CCC(C=C)CC1.C=CCc1c(C)cc2n(c1=O)Cc1cc3c(CN4CCN(C)CC4)cccc3nc1-2.CC.CC=O.CNC1CCCCC1.Cc1ccc(C#N)c(Cl)c1C. The first-order chi connectivity index (χ1) is 33.7. The van der Waals surface area contributed by atoms with Gasteiger partial charge in [-0.2, -0.15) is 5.26 Å². The van der Waals surface area contributed by atoms with Gasteiger partial charge in [0.2, 0.25) is 0 Å². The summed E-state index contributed by atoms with van der Waals surface area (Å²) >= 11 is 5.88. The number of halogens is 1. The summed E-state index contributed by atoms with van der Waals surface area (Å²) in [6.07, 6.45) is 19.8. The van der Waals surface area contributed by atoms with Crippen molar-refractivity contribution in [3.8, 4) is 17.5 Å². The van der Waals surface area contributed by atoms with E-state index in [-0.39, 0.29) is 5.56 Å². The van der Waals surface area contributed by atoms with Crippen molar-refractivity contribution in [2.24, 2.45) is 17.4 Å². The molecule has 0 radical (unpaired) electrons. The second-order valence-corrected chi connectivity index (χ2v) is 18.4. The van der Waals surface area contributed by atoms with E-state index in [2.05, 4.69) is 84.2 Å². The molecule has 0 amide bonds. The van der Waals surface area contributed by atoms with Crippen molar-refractivity contribution < 1.29 is 4.79 Å². The Kier molecular flexibility index (Phi) is 25.7. The number of piperidine rings is 1. The van der Waals surface area contributed by atoms with Gasteiger partial charge in [-0.1, -0.05) is 81.6 Å². The van der Waals surface area contributed by atoms with E-state index in [1.165, 1.54) is 50.0 Å². The Balaban J connectivity index is 0.000000271. The molecular formula is C58H82ClN9O2. The molecule has 2 saturated heterocycles. The lowest BCUT2D eigenvalue weighted by atomic mass is 9.96. The monoisotopic (exact) mass is 972 g/mol. The van der Waals surface area contributed by atoms with Crippen LogP contribution in [0.2, 0.25) is 5.02 Å². The van der Waals surface area contributed by atoms with E-state index < -0.39 is 0 Å². The van der Waals surface area contributed by atoms with E-state index >= 15 is 0 Å². The Morgan fingerprint density at radius 1 is 0.929 bits per heavy atom. The fourth-order valence-electron chi connectivity index (χ4n) is 8.76. The molecule has 1 saturated carbocycles. The second kappa shape index (κ2) is 30.8. The van der Waals surface area contributed by atoms with E-state index in [4.69, 9.17) is 38.1 Å². The van der Waals surface area contributed by atoms with Gasteiger partial charge in [0.1, 0.15) is 12.4 Å². The fourth-order valence-corrected chi connectivity index (χ4v) is 9.01. The zero-order chi connectivity index (χ0) is 51.8. The van der Waals surface area contributed by atoms with Crippen LogP contribution in [0.3, 0.4) is 0 Å². The summed E-state index contributed by atoms with van der Waals surface area (Å²) in [6.45, 7) is 30.5. The number of likely N-dealkylation sites (tertiary alicyclic amines) is 1. The lowest BCUT2D eigenvalue weighted by molar-refractivity contribution is -0.106. The number of hydrogen-bond donors (Lipinski definition) is 3. The Morgan fingerprint density at radius 2 is 1.59 bits per heavy atom. The summed E-state index contributed by atoms with van der Waals surface area (Å²) in [6, 6.07) is 17.3. The molecule has 70 heavy (non-hydrogen) atoms. The second-order valence-electron chi connectivity index (χ2n) is 18.0. The molecule has 3 fully saturated rings. The van der Waals surface area contributed by atoms with Gasteiger partial charge in [0.15, 0.2) is 0 Å². The zero-order valence-electron chi connectivity index (χ0n) is 43.6. The molecule has 4 aliphatic rings. The molecule has 1 aliphatic carbocycles. The number of pyridine rings is 2. The highest BCUT2D eigenvalue weighted by atomic mass is 35.5. The maximum atomic E-state index is 13.1. The number of hydrogen-bond acceptors (Lipinski definition) is 10. The van der Waals surface area contributed by atoms with E-state index in [9.17, 15) is 4.79 Å². The van der Waals surface area contributed by atoms with Crippen LogP contribution >= 0.6 is 11.6 Å². The predicted octanol–water partition coefficient (Wildman–Crippen LogP) is 10.5. The number of allylic oxidation sites excluding steroid dienone is 5. The van der Waals surface area contributed by atoms with Crippen LogP contribution in [-0.2, 0) is 24.3 Å². The molecule has 5 N–H and O–H groups in total. The zero-order valence-corrected chi connectivity index (χ0v) is 44.4. The van der Waals surface area contributed by atoms with Crippen molar-refractivity contribution in [3.05, 3.63) is 158 Å². The molecule has 2 aromatic carbocycles. The summed E-state index contributed by atoms with van der Waals surface area (Å²) < 4.78 is 1.88. The van der Waals surface area contributed by atoms with Crippen LogP contribution in [0.25, 0.3) is 22.3 Å². The summed E-state index contributed by atoms with van der Waals surface area (Å²) in [4.78, 5) is 34.0. The molecule has 3 aliphatic heterocycles. The lowest BCUT2D eigenvalue weighted by Crippen LogP contribution is -2.43. The van der Waals surface area contributed by atoms with E-state index in [1.54, 1.807) is 24.3 Å². The smallest absolute Gasteiger partial charge is 0.255 e. The summed E-state index contributed by atoms with van der Waals surface area (Å²) in [5.74, 6) is 1.41. The van der Waals surface area contributed by atoms with Gasteiger partial charge in [-0.3, -0.25) is 9.69 Å². The number of rotatable bonds is 9. The minimum atomic E-state index is 0.0876. The van der Waals surface area contributed by atoms with Crippen molar-refractivity contribution in [1.82, 2.24) is 29.6 Å². The standard InChI is InChI=1S/C25H28N4O.C13H21N3.C9H8ClN.C7H15N.C2H4O.C2H6/c1-4-6-20-17(2)13-23-24-19(16-29(23)25(20)30)14-21-18(7-5-8-22(21)26-24)15-28-11-9-27(3)10-12-28;1-3-11-7-9-16(10-8-11)13(15)6-5-12(14)4-2;1-6-3-4-8(5-11)9(10)7(6)2;1-8-7-5-3-2-4-6-7;1-2-3;1-2/h4-5,7-8,13-14H,1,6,9-12,15-16H2,2-3H3;3-6,11H,1-2,7-10,14-15H2;3-4H,1-2H3;7-8H,2-6H2,1H3;2H,1H3;1-2H3/b;12-5-,13-6+;;;;. The largest absolute Gasteiger partial charge is 0.399 e. The number of benzene rings is 2. The van der Waals surface area contributed by atoms with Crippen LogP contribution in [0.5, 0.6) is 0 Å². The van der Waals surface area contributed by atoms with Gasteiger partial charge in [-0.25, -0.2) is 4.98 Å². The maximum absolute atomic E-state index is 13.1. The van der Waals surface area contributed by atoms with Gasteiger partial charge >= 0.3 is 0 Å². The third-order valence-electron chi connectivity index (χ3n) is 13.3. The number of aromatic nitrogens is 2. The number of nitrogens with one attached hydrogen (secondary N) is 1. The number of piperazine rings is 1. The molecule has 2 aromatic heterocycles. The number of nitrogens with two attached hydrogens (primary N) is 2. The van der Waals surface area contributed by atoms with Crippen molar-refractivity contribution in [3.63, 3.8) is 0 Å². The Morgan fingerprint density at radius 3 is 2.16 bits per heavy atom. The van der Waals surface area contributed by atoms with Crippen LogP contribution in [0, 0.1) is 38.0 Å². The topological polar surface area (TPSA) is 150 Å². The van der Waals surface area contributed by atoms with Crippen LogP contribution in [0.15, 0.2) is 109 Å². The molecule has 5 heterocycles. The molecule has 4 aromatic rings. The minimum absolute atomic E-state index is 0.0876. The fraction of sp³-hybridized carbons (Fsp3) is 0.448. The van der Waals surface area contributed by atoms with Gasteiger partial charge in [0.25, 0.3) is 5.56 Å². The van der Waals surface area contributed by atoms with Gasteiger partial charge in [0.05, 0.1) is 39.9 Å². The van der Waals surface area contributed by atoms with Crippen LogP contribution in [-0.4, -0.2) is 89.9 Å². The predicted molar refractivity (Wildman–Crippen MR) is 296 cm³/mol. The quantitative estimate of drug-likeness (QED) is 0.0740. The first kappa shape index (κ1) is 58.5. The first-order valence-corrected chi connectivity index (χ1v) is 25.4. The van der Waals surface area contributed by atoms with Gasteiger partial charge in [-0.05, 0) is 145 Å². The van der Waals surface area contributed by atoms with Crippen LogP contribution < -0.4 is 22.3 Å². The Labute approximate surface area is 425 Å². The van der Waals surface area contributed by atoms with Crippen molar-refractivity contribution in [1.29, 1.82) is 5.26 Å². The number of likely N-dealkylation sites (N-methyl/N-ethyl adjacent to an activating group) is 1. The number of nitriles is 1. The number of aryl methyl sites for hydroxylation is 2. The number of carbonyl (C=O) groups is 1. The molecule has 378 valence electrons. The average molecular weight is 973 g/mol. The molecule has 8 rings (SSSR count). The lowest BCUT2D eigenvalue weighted by Gasteiger charge is -2.32. The van der Waals surface area contributed by atoms with Gasteiger partial charge in [-0.15, -0.1) is 13.2 Å². The average Bonchev–Trinajstić information content (AvgIpc) is 3.75. The number of nitrogens with zero attached hydrogens (tertiary/aromatic N) is 6. The minimum Gasteiger partial charge on any atom is -0.399 e. The highest BCUT2D eigenvalue weighted by Crippen LogP contribution is 2.34. The van der Waals surface area contributed by atoms with E-state index in [1.807, 2.05) is 63.5 Å². The van der Waals surface area contributed by atoms with Crippen LogP contribution in [0.4, 0.5) is 0 Å². The molecule has 0 spiro atoms. The van der Waals surface area contributed by atoms with Crippen molar-refractivity contribution in [2.45, 2.75) is 112 Å². The molecule has 0 unspecified atom stereocenters. The number of aldehydes is 1. The summed E-state index contributed by atoms with van der Waals surface area (Å²) in [5.41, 5.74) is 22.2. The third kappa shape index (κ3) is 17.0. The molecule has 11 nitrogen and oxygen atoms in total. The maximum Gasteiger partial charge on any atom is 0.255 e. The summed E-state index contributed by atoms with van der Waals surface area (Å²) in [5, 5.41) is 13.7. The summed E-state index contributed by atoms with van der Waals surface area (Å²) in [7, 11) is 4.25. The molecular weight excluding hydrogens is 890 g/mol. The Bertz CT molecular complexity index is 2500.